The molecule has 1 aromatic heterocycles. The van der Waals surface area contributed by atoms with Gasteiger partial charge in [0.15, 0.2) is 11.5 Å². The fourth-order valence-electron chi connectivity index (χ4n) is 4.02. The average Bonchev–Trinajstić information content (AvgIpc) is 3.44. The maximum absolute atomic E-state index is 12.6. The van der Waals surface area contributed by atoms with Gasteiger partial charge in [-0.1, -0.05) is 0 Å². The number of nitrogens with one attached hydrogen (secondary N) is 1. The summed E-state index contributed by atoms with van der Waals surface area (Å²) in [6, 6.07) is 13.5. The van der Waals surface area contributed by atoms with E-state index < -0.39 is 0 Å². The van der Waals surface area contributed by atoms with Gasteiger partial charge in [-0.25, -0.2) is 4.98 Å². The summed E-state index contributed by atoms with van der Waals surface area (Å²) in [5.41, 5.74) is 4.41. The van der Waals surface area contributed by atoms with Crippen molar-refractivity contribution in [1.29, 1.82) is 0 Å². The zero-order valence-electron chi connectivity index (χ0n) is 20.2. The summed E-state index contributed by atoms with van der Waals surface area (Å²) in [6.45, 7) is 5.97. The monoisotopic (exact) mass is 496 g/mol. The summed E-state index contributed by atoms with van der Waals surface area (Å²) < 4.78 is 16.5. The maximum atomic E-state index is 12.6. The van der Waals surface area contributed by atoms with Crippen molar-refractivity contribution in [3.8, 4) is 17.2 Å². The fourth-order valence-corrected chi connectivity index (χ4v) is 4.56. The van der Waals surface area contributed by atoms with Crippen LogP contribution in [0.1, 0.15) is 22.5 Å². The first-order chi connectivity index (χ1) is 17.2. The molecule has 0 saturated carbocycles. The number of hydrogen-bond donors (Lipinski definition) is 1. The molecule has 1 N–H and O–H groups in total. The SMILES string of the molecule is COc1ccc(N2CCN(CCCNC(=O)c3ccc(OCc4cscn4)c(OC)c3)CC2)cc1. The lowest BCUT2D eigenvalue weighted by atomic mass is 10.2. The highest BCUT2D eigenvalue weighted by Gasteiger charge is 2.17. The Morgan fingerprint density at radius 2 is 1.83 bits per heavy atom. The smallest absolute Gasteiger partial charge is 0.251 e. The van der Waals surface area contributed by atoms with E-state index in [4.69, 9.17) is 14.2 Å². The zero-order valence-corrected chi connectivity index (χ0v) is 21.1. The maximum Gasteiger partial charge on any atom is 0.251 e. The molecule has 4 rings (SSSR count). The van der Waals surface area contributed by atoms with Gasteiger partial charge in [-0.15, -0.1) is 11.3 Å². The summed E-state index contributed by atoms with van der Waals surface area (Å²) in [5.74, 6) is 1.89. The van der Waals surface area contributed by atoms with E-state index in [9.17, 15) is 4.79 Å². The van der Waals surface area contributed by atoms with Crippen molar-refractivity contribution >= 4 is 22.9 Å². The summed E-state index contributed by atoms with van der Waals surface area (Å²) in [4.78, 5) is 21.7. The second-order valence-corrected chi connectivity index (χ2v) is 8.99. The van der Waals surface area contributed by atoms with Crippen molar-refractivity contribution in [1.82, 2.24) is 15.2 Å². The van der Waals surface area contributed by atoms with E-state index in [1.54, 1.807) is 37.9 Å². The Morgan fingerprint density at radius 3 is 2.51 bits per heavy atom. The number of piperazine rings is 1. The molecule has 2 heterocycles. The van der Waals surface area contributed by atoms with Crippen LogP contribution in [0.3, 0.4) is 0 Å². The van der Waals surface area contributed by atoms with E-state index in [-0.39, 0.29) is 5.91 Å². The Labute approximate surface area is 210 Å². The van der Waals surface area contributed by atoms with Crippen LogP contribution in [0.25, 0.3) is 0 Å². The predicted octanol–water partition coefficient (Wildman–Crippen LogP) is 3.68. The molecule has 3 aromatic rings. The molecular weight excluding hydrogens is 464 g/mol. The van der Waals surface area contributed by atoms with Gasteiger partial charge in [-0.3, -0.25) is 9.69 Å². The summed E-state index contributed by atoms with van der Waals surface area (Å²) in [7, 11) is 3.26. The van der Waals surface area contributed by atoms with Crippen LogP contribution in [0.4, 0.5) is 5.69 Å². The molecule has 0 bridgehead atoms. The molecule has 0 atom stereocenters. The number of amides is 1. The molecule has 35 heavy (non-hydrogen) atoms. The fraction of sp³-hybridized carbons (Fsp3) is 0.385. The first-order valence-electron chi connectivity index (χ1n) is 11.7. The third-order valence-electron chi connectivity index (χ3n) is 6.03. The number of carbonyl (C=O) groups excluding carboxylic acids is 1. The quantitative estimate of drug-likeness (QED) is 0.406. The minimum atomic E-state index is -0.112. The van der Waals surface area contributed by atoms with Crippen LogP contribution in [0.2, 0.25) is 0 Å². The van der Waals surface area contributed by atoms with Crippen LogP contribution in [-0.2, 0) is 6.61 Å². The van der Waals surface area contributed by atoms with Crippen molar-refractivity contribution in [3.05, 3.63) is 64.6 Å². The van der Waals surface area contributed by atoms with Crippen molar-refractivity contribution in [2.75, 3.05) is 58.4 Å². The van der Waals surface area contributed by atoms with Gasteiger partial charge >= 0.3 is 0 Å². The Balaban J connectivity index is 1.17. The molecule has 9 heteroatoms. The Bertz CT molecular complexity index is 1070. The zero-order chi connectivity index (χ0) is 24.5. The van der Waals surface area contributed by atoms with E-state index >= 15 is 0 Å². The number of nitrogens with zero attached hydrogens (tertiary/aromatic N) is 3. The lowest BCUT2D eigenvalue weighted by Gasteiger charge is -2.36. The molecule has 1 aliphatic heterocycles. The van der Waals surface area contributed by atoms with Gasteiger partial charge in [-0.2, -0.15) is 0 Å². The lowest BCUT2D eigenvalue weighted by molar-refractivity contribution is 0.0951. The highest BCUT2D eigenvalue weighted by molar-refractivity contribution is 7.07. The van der Waals surface area contributed by atoms with Gasteiger partial charge in [0, 0.05) is 49.4 Å². The molecule has 0 spiro atoms. The first-order valence-corrected chi connectivity index (χ1v) is 12.7. The second-order valence-electron chi connectivity index (χ2n) is 8.27. The van der Waals surface area contributed by atoms with Crippen molar-refractivity contribution in [2.45, 2.75) is 13.0 Å². The number of ether oxygens (including phenoxy) is 3. The van der Waals surface area contributed by atoms with Crippen LogP contribution in [0, 0.1) is 0 Å². The standard InChI is InChI=1S/C26H32N4O4S/c1-32-23-7-5-22(6-8-23)30-14-12-29(13-15-30)11-3-10-27-26(31)20-4-9-24(25(16-20)33-2)34-17-21-18-35-19-28-21/h4-9,16,18-19H,3,10-15,17H2,1-2H3,(H,27,31). The van der Waals surface area contributed by atoms with E-state index in [1.165, 1.54) is 17.0 Å². The van der Waals surface area contributed by atoms with Crippen LogP contribution < -0.4 is 24.4 Å². The number of thiazole rings is 1. The van der Waals surface area contributed by atoms with E-state index in [0.29, 0.717) is 30.2 Å². The van der Waals surface area contributed by atoms with Crippen molar-refractivity contribution in [2.24, 2.45) is 0 Å². The van der Waals surface area contributed by atoms with Gasteiger partial charge in [0.25, 0.3) is 5.91 Å². The summed E-state index contributed by atoms with van der Waals surface area (Å²) in [6.07, 6.45) is 0.903. The largest absolute Gasteiger partial charge is 0.497 e. The van der Waals surface area contributed by atoms with Crippen LogP contribution in [0.15, 0.2) is 53.4 Å². The molecule has 186 valence electrons. The topological polar surface area (TPSA) is 76.2 Å². The minimum absolute atomic E-state index is 0.112. The molecule has 1 saturated heterocycles. The number of methoxy groups -OCH3 is 2. The molecule has 1 fully saturated rings. The van der Waals surface area contributed by atoms with Crippen molar-refractivity contribution in [3.63, 3.8) is 0 Å². The lowest BCUT2D eigenvalue weighted by Crippen LogP contribution is -2.47. The van der Waals surface area contributed by atoms with E-state index in [1.807, 2.05) is 17.5 Å². The van der Waals surface area contributed by atoms with Gasteiger partial charge in [0.05, 0.1) is 25.4 Å². The van der Waals surface area contributed by atoms with Crippen LogP contribution in [0.5, 0.6) is 17.2 Å². The Hall–Kier alpha value is -3.30. The highest BCUT2D eigenvalue weighted by Crippen LogP contribution is 2.29. The Kier molecular flexibility index (Phi) is 8.80. The number of benzene rings is 2. The molecule has 2 aromatic carbocycles. The molecule has 8 nitrogen and oxygen atoms in total. The second kappa shape index (κ2) is 12.4. The molecule has 0 radical (unpaired) electrons. The van der Waals surface area contributed by atoms with Gasteiger partial charge in [-0.05, 0) is 55.4 Å². The highest BCUT2D eigenvalue weighted by atomic mass is 32.1. The third kappa shape index (κ3) is 6.86. The van der Waals surface area contributed by atoms with E-state index in [0.717, 1.165) is 50.6 Å². The summed E-state index contributed by atoms with van der Waals surface area (Å²) in [5, 5.41) is 4.96. The normalized spacial score (nSPS) is 13.9. The van der Waals surface area contributed by atoms with Crippen molar-refractivity contribution < 1.29 is 19.0 Å². The van der Waals surface area contributed by atoms with Gasteiger partial charge < -0.3 is 24.4 Å². The van der Waals surface area contributed by atoms with Crippen LogP contribution >= 0.6 is 11.3 Å². The molecule has 1 amide bonds. The number of anilines is 1. The number of carbonyl (C=O) groups is 1. The average molecular weight is 497 g/mol. The first kappa shape index (κ1) is 24.8. The summed E-state index contributed by atoms with van der Waals surface area (Å²) >= 11 is 1.53. The molecule has 0 unspecified atom stereocenters. The Morgan fingerprint density at radius 1 is 1.03 bits per heavy atom. The molecule has 0 aliphatic carbocycles. The molecular formula is C26H32N4O4S. The molecule has 1 aliphatic rings. The van der Waals surface area contributed by atoms with Gasteiger partial charge in [0.2, 0.25) is 0 Å². The third-order valence-corrected chi connectivity index (χ3v) is 6.67. The predicted molar refractivity (Wildman–Crippen MR) is 138 cm³/mol. The number of hydrogen-bond acceptors (Lipinski definition) is 8. The van der Waals surface area contributed by atoms with E-state index in [2.05, 4.69) is 32.2 Å². The number of rotatable bonds is 11. The van der Waals surface area contributed by atoms with Gasteiger partial charge in [0.1, 0.15) is 12.4 Å². The minimum Gasteiger partial charge on any atom is -0.497 e. The van der Waals surface area contributed by atoms with Crippen LogP contribution in [-0.4, -0.2) is 69.3 Å². The number of aromatic nitrogens is 1.